The van der Waals surface area contributed by atoms with Crippen molar-refractivity contribution in [2.75, 3.05) is 33.3 Å². The number of sulfonamides is 1. The molecule has 26 heavy (non-hydrogen) atoms. The van der Waals surface area contributed by atoms with Gasteiger partial charge in [-0.3, -0.25) is 4.90 Å². The molecule has 0 aliphatic carbocycles. The second kappa shape index (κ2) is 8.22. The number of aryl methyl sites for hydroxylation is 1. The van der Waals surface area contributed by atoms with Gasteiger partial charge in [0.05, 0.1) is 17.8 Å². The van der Waals surface area contributed by atoms with Crippen molar-refractivity contribution >= 4 is 33.0 Å². The summed E-state index contributed by atoms with van der Waals surface area (Å²) in [6.07, 6.45) is 0.769. The fraction of sp³-hybridized carbons (Fsp3) is 0.471. The van der Waals surface area contributed by atoms with Crippen molar-refractivity contribution in [2.24, 2.45) is 0 Å². The summed E-state index contributed by atoms with van der Waals surface area (Å²) in [4.78, 5) is 6.87. The first kappa shape index (κ1) is 19.6. The predicted octanol–water partition coefficient (Wildman–Crippen LogP) is 3.01. The third-order valence-corrected chi connectivity index (χ3v) is 7.32. The van der Waals surface area contributed by atoms with Crippen molar-refractivity contribution in [3.63, 3.8) is 0 Å². The molecule has 1 aliphatic heterocycles. The first-order valence-electron chi connectivity index (χ1n) is 8.37. The van der Waals surface area contributed by atoms with Gasteiger partial charge < -0.3 is 4.74 Å². The van der Waals surface area contributed by atoms with Gasteiger partial charge >= 0.3 is 0 Å². The number of methoxy groups -OCH3 is 1. The van der Waals surface area contributed by atoms with Crippen LogP contribution in [0, 0.1) is 6.92 Å². The van der Waals surface area contributed by atoms with Crippen molar-refractivity contribution in [1.82, 2.24) is 14.2 Å². The van der Waals surface area contributed by atoms with Gasteiger partial charge in [-0.1, -0.05) is 11.6 Å². The van der Waals surface area contributed by atoms with Crippen LogP contribution in [-0.2, 0) is 16.6 Å². The van der Waals surface area contributed by atoms with Gasteiger partial charge in [-0.25, -0.2) is 13.4 Å². The summed E-state index contributed by atoms with van der Waals surface area (Å²) in [7, 11) is -2.20. The number of hydrogen-bond acceptors (Lipinski definition) is 6. The predicted molar refractivity (Wildman–Crippen MR) is 104 cm³/mol. The average Bonchev–Trinajstić information content (AvgIpc) is 2.87. The molecule has 1 fully saturated rings. The van der Waals surface area contributed by atoms with Crippen LogP contribution >= 0.6 is 22.9 Å². The van der Waals surface area contributed by atoms with Gasteiger partial charge in [0.15, 0.2) is 0 Å². The van der Waals surface area contributed by atoms with E-state index in [1.165, 1.54) is 17.5 Å². The summed E-state index contributed by atoms with van der Waals surface area (Å²) in [5.74, 6) is 0.313. The van der Waals surface area contributed by atoms with Crippen LogP contribution < -0.4 is 4.74 Å². The highest BCUT2D eigenvalue weighted by Gasteiger charge is 2.30. The lowest BCUT2D eigenvalue weighted by Crippen LogP contribution is -2.35. The number of nitrogens with zero attached hydrogens (tertiary/aromatic N) is 3. The zero-order chi connectivity index (χ0) is 18.7. The van der Waals surface area contributed by atoms with Gasteiger partial charge in [-0.15, -0.1) is 11.3 Å². The van der Waals surface area contributed by atoms with E-state index < -0.39 is 10.0 Å². The molecular weight excluding hydrogens is 394 g/mol. The van der Waals surface area contributed by atoms with E-state index in [4.69, 9.17) is 16.3 Å². The van der Waals surface area contributed by atoms with Crippen LogP contribution in [0.5, 0.6) is 5.75 Å². The first-order chi connectivity index (χ1) is 12.4. The third kappa shape index (κ3) is 4.37. The number of hydrogen-bond donors (Lipinski definition) is 0. The first-order valence-corrected chi connectivity index (χ1v) is 11.1. The van der Waals surface area contributed by atoms with Gasteiger partial charge in [0.1, 0.15) is 10.6 Å². The fourth-order valence-electron chi connectivity index (χ4n) is 3.05. The Hall–Kier alpha value is -1.19. The molecule has 6 nitrogen and oxygen atoms in total. The lowest BCUT2D eigenvalue weighted by Gasteiger charge is -2.22. The van der Waals surface area contributed by atoms with E-state index in [-0.39, 0.29) is 4.90 Å². The van der Waals surface area contributed by atoms with Crippen LogP contribution in [-0.4, -0.2) is 55.9 Å². The summed E-state index contributed by atoms with van der Waals surface area (Å²) in [5, 5.41) is 3.48. The van der Waals surface area contributed by atoms with Crippen LogP contribution in [0.15, 0.2) is 28.5 Å². The van der Waals surface area contributed by atoms with Gasteiger partial charge in [-0.05, 0) is 38.1 Å². The highest BCUT2D eigenvalue weighted by atomic mass is 35.5. The number of halogens is 1. The molecule has 142 valence electrons. The summed E-state index contributed by atoms with van der Waals surface area (Å²) >= 11 is 7.65. The zero-order valence-corrected chi connectivity index (χ0v) is 17.2. The van der Waals surface area contributed by atoms with E-state index in [2.05, 4.69) is 15.3 Å². The Balaban J connectivity index is 1.74. The summed E-state index contributed by atoms with van der Waals surface area (Å²) < 4.78 is 32.9. The van der Waals surface area contributed by atoms with E-state index >= 15 is 0 Å². The standard InChI is InChI=1S/C17H22ClN3O3S2/c1-13-19-15(12-25-13)11-20-6-3-7-21(9-8-20)26(22,23)17-10-14(18)4-5-16(17)24-2/h4-5,10,12H,3,6-9,11H2,1-2H3. The quantitative estimate of drug-likeness (QED) is 0.751. The normalized spacial score (nSPS) is 17.2. The molecule has 0 unspecified atom stereocenters. The number of ether oxygens (including phenoxy) is 1. The Labute approximate surface area is 163 Å². The molecule has 0 N–H and O–H groups in total. The van der Waals surface area contributed by atoms with E-state index in [1.807, 2.05) is 6.92 Å². The summed E-state index contributed by atoms with van der Waals surface area (Å²) in [6, 6.07) is 4.67. The van der Waals surface area contributed by atoms with Crippen LogP contribution in [0.25, 0.3) is 0 Å². The van der Waals surface area contributed by atoms with Crippen LogP contribution in [0.1, 0.15) is 17.1 Å². The SMILES string of the molecule is COc1ccc(Cl)cc1S(=O)(=O)N1CCCN(Cc2csc(C)n2)CC1. The molecule has 0 atom stereocenters. The zero-order valence-electron chi connectivity index (χ0n) is 14.8. The second-order valence-corrected chi connectivity index (χ2v) is 9.59. The number of benzene rings is 1. The Morgan fingerprint density at radius 3 is 2.77 bits per heavy atom. The van der Waals surface area contributed by atoms with Crippen molar-refractivity contribution in [3.05, 3.63) is 39.3 Å². The molecule has 0 amide bonds. The lowest BCUT2D eigenvalue weighted by molar-refractivity contribution is 0.276. The molecule has 1 saturated heterocycles. The van der Waals surface area contributed by atoms with Crippen LogP contribution in [0.4, 0.5) is 0 Å². The van der Waals surface area contributed by atoms with Gasteiger partial charge in [0.2, 0.25) is 10.0 Å². The van der Waals surface area contributed by atoms with E-state index in [1.54, 1.807) is 23.5 Å². The van der Waals surface area contributed by atoms with E-state index in [0.29, 0.717) is 30.4 Å². The molecule has 2 heterocycles. The van der Waals surface area contributed by atoms with Gasteiger partial charge in [-0.2, -0.15) is 4.31 Å². The average molecular weight is 416 g/mol. The van der Waals surface area contributed by atoms with Crippen LogP contribution in [0.3, 0.4) is 0 Å². The Morgan fingerprint density at radius 1 is 1.27 bits per heavy atom. The van der Waals surface area contributed by atoms with Crippen LogP contribution in [0.2, 0.25) is 5.02 Å². The molecule has 0 radical (unpaired) electrons. The minimum Gasteiger partial charge on any atom is -0.495 e. The Bertz CT molecular complexity index is 870. The van der Waals surface area contributed by atoms with Gasteiger partial charge in [0.25, 0.3) is 0 Å². The summed E-state index contributed by atoms with van der Waals surface area (Å²) in [6.45, 7) is 5.15. The minimum atomic E-state index is -3.66. The maximum absolute atomic E-state index is 13.1. The van der Waals surface area contributed by atoms with Gasteiger partial charge in [0, 0.05) is 36.6 Å². The molecule has 9 heteroatoms. The number of aromatic nitrogens is 1. The highest BCUT2D eigenvalue weighted by Crippen LogP contribution is 2.30. The molecule has 0 spiro atoms. The molecule has 1 aromatic carbocycles. The third-order valence-electron chi connectivity index (χ3n) is 4.34. The topological polar surface area (TPSA) is 62.7 Å². The largest absolute Gasteiger partial charge is 0.495 e. The monoisotopic (exact) mass is 415 g/mol. The molecule has 0 saturated carbocycles. The van der Waals surface area contributed by atoms with E-state index in [0.717, 1.165) is 30.2 Å². The Morgan fingerprint density at radius 2 is 2.08 bits per heavy atom. The molecule has 0 bridgehead atoms. The minimum absolute atomic E-state index is 0.121. The molecule has 1 aliphatic rings. The maximum atomic E-state index is 13.1. The lowest BCUT2D eigenvalue weighted by atomic mass is 10.3. The Kier molecular flexibility index (Phi) is 6.19. The highest BCUT2D eigenvalue weighted by molar-refractivity contribution is 7.89. The number of thiazole rings is 1. The fourth-order valence-corrected chi connectivity index (χ4v) is 5.54. The van der Waals surface area contributed by atoms with Crippen molar-refractivity contribution in [1.29, 1.82) is 0 Å². The number of rotatable bonds is 5. The van der Waals surface area contributed by atoms with Crippen molar-refractivity contribution in [2.45, 2.75) is 24.8 Å². The maximum Gasteiger partial charge on any atom is 0.246 e. The smallest absolute Gasteiger partial charge is 0.246 e. The summed E-state index contributed by atoms with van der Waals surface area (Å²) in [5.41, 5.74) is 1.04. The molecule has 2 aromatic rings. The molecular formula is C17H22ClN3O3S2. The van der Waals surface area contributed by atoms with Crippen molar-refractivity contribution in [3.8, 4) is 5.75 Å². The van der Waals surface area contributed by atoms with E-state index in [9.17, 15) is 8.42 Å². The second-order valence-electron chi connectivity index (χ2n) is 6.19. The van der Waals surface area contributed by atoms with Crippen molar-refractivity contribution < 1.29 is 13.2 Å². The molecule has 3 rings (SSSR count). The molecule has 1 aromatic heterocycles.